The first kappa shape index (κ1) is 27.4. The third-order valence-electron chi connectivity index (χ3n) is 3.92. The number of rotatable bonds is 13. The van der Waals surface area contributed by atoms with Crippen LogP contribution in [0.3, 0.4) is 0 Å². The minimum absolute atomic E-state index is 0.0655. The number of carbonyl (C=O) groups excluding carboxylic acids is 3. The Morgan fingerprint density at radius 3 is 2.10 bits per heavy atom. The molecule has 0 aliphatic rings. The number of carboxylic acids is 1. The summed E-state index contributed by atoms with van der Waals surface area (Å²) in [6.07, 6.45) is -0.605. The molecule has 0 saturated carbocycles. The average molecular weight is 450 g/mol. The van der Waals surface area contributed by atoms with Crippen molar-refractivity contribution >= 4 is 42.3 Å². The summed E-state index contributed by atoms with van der Waals surface area (Å²) in [4.78, 5) is 51.4. The molecule has 14 heteroatoms. The highest BCUT2D eigenvalue weighted by molar-refractivity contribution is 7.80. The minimum Gasteiger partial charge on any atom is -0.480 e. The molecule has 3 amide bonds. The van der Waals surface area contributed by atoms with Gasteiger partial charge in [0.1, 0.15) is 12.1 Å². The van der Waals surface area contributed by atoms with E-state index in [-0.39, 0.29) is 18.1 Å². The van der Waals surface area contributed by atoms with Crippen molar-refractivity contribution in [1.82, 2.24) is 16.0 Å². The smallest absolute Gasteiger partial charge is 0.328 e. The molecule has 0 aromatic heterocycles. The summed E-state index contributed by atoms with van der Waals surface area (Å²) >= 11 is 3.97. The fourth-order valence-corrected chi connectivity index (χ4v) is 2.43. The van der Waals surface area contributed by atoms with Gasteiger partial charge in [-0.25, -0.2) is 4.79 Å². The number of aliphatic hydroxyl groups is 1. The average Bonchev–Trinajstić information content (AvgIpc) is 2.65. The van der Waals surface area contributed by atoms with Crippen molar-refractivity contribution in [3.8, 4) is 0 Å². The van der Waals surface area contributed by atoms with E-state index in [1.165, 1.54) is 13.8 Å². The molecule has 0 bridgehead atoms. The summed E-state index contributed by atoms with van der Waals surface area (Å²) in [6, 6.07) is -4.65. The number of amides is 3. The number of hydrogen-bond acceptors (Lipinski definition) is 8. The van der Waals surface area contributed by atoms with Crippen molar-refractivity contribution < 1.29 is 29.4 Å². The standard InChI is InChI=1S/C16H31N7O6S/c1-7(21-13(26)9(17)4-3-5-20-16(18)19)12(25)22-10(6-30)14(27)23-11(8(2)24)15(28)29/h7-11,24,30H,3-6,17H2,1-2H3,(H,21,26)(H,22,25)(H,23,27)(H,28,29)(H4,18,19,20). The Morgan fingerprint density at radius 2 is 1.63 bits per heavy atom. The Hall–Kier alpha value is -2.58. The van der Waals surface area contributed by atoms with Crippen molar-refractivity contribution in [3.05, 3.63) is 0 Å². The molecule has 5 unspecified atom stereocenters. The molecule has 30 heavy (non-hydrogen) atoms. The molecular weight excluding hydrogens is 418 g/mol. The maximum absolute atomic E-state index is 12.3. The Balaban J connectivity index is 4.69. The molecule has 0 saturated heterocycles. The van der Waals surface area contributed by atoms with Crippen molar-refractivity contribution in [2.24, 2.45) is 22.2 Å². The number of nitrogens with zero attached hydrogens (tertiary/aromatic N) is 1. The molecule has 0 fully saturated rings. The van der Waals surface area contributed by atoms with Crippen molar-refractivity contribution in [1.29, 1.82) is 0 Å². The molecule has 0 aromatic rings. The van der Waals surface area contributed by atoms with Crippen molar-refractivity contribution in [2.45, 2.75) is 57.0 Å². The summed E-state index contributed by atoms with van der Waals surface area (Å²) in [5, 5.41) is 25.3. The monoisotopic (exact) mass is 449 g/mol. The summed E-state index contributed by atoms with van der Waals surface area (Å²) in [7, 11) is 0. The highest BCUT2D eigenvalue weighted by Gasteiger charge is 2.30. The Labute approximate surface area is 179 Å². The molecule has 0 spiro atoms. The van der Waals surface area contributed by atoms with Gasteiger partial charge in [0.2, 0.25) is 17.7 Å². The Bertz CT molecular complexity index is 642. The number of nitrogens with two attached hydrogens (primary N) is 3. The van der Waals surface area contributed by atoms with Gasteiger partial charge in [0.25, 0.3) is 0 Å². The third-order valence-corrected chi connectivity index (χ3v) is 4.28. The molecule has 0 heterocycles. The Kier molecular flexibility index (Phi) is 12.4. The van der Waals surface area contributed by atoms with Crippen LogP contribution in [0, 0.1) is 0 Å². The zero-order valence-electron chi connectivity index (χ0n) is 16.9. The van der Waals surface area contributed by atoms with Gasteiger partial charge in [0.15, 0.2) is 12.0 Å². The number of nitrogens with one attached hydrogen (secondary N) is 3. The highest BCUT2D eigenvalue weighted by Crippen LogP contribution is 1.99. The first-order valence-electron chi connectivity index (χ1n) is 9.14. The molecule has 11 N–H and O–H groups in total. The molecule has 0 aliphatic heterocycles. The van der Waals surface area contributed by atoms with Gasteiger partial charge in [0.05, 0.1) is 12.1 Å². The van der Waals surface area contributed by atoms with Crippen molar-refractivity contribution in [3.63, 3.8) is 0 Å². The summed E-state index contributed by atoms with van der Waals surface area (Å²) in [5.74, 6) is -3.76. The van der Waals surface area contributed by atoms with Gasteiger partial charge in [-0.15, -0.1) is 0 Å². The lowest BCUT2D eigenvalue weighted by Crippen LogP contribution is -2.58. The van der Waals surface area contributed by atoms with Crippen LogP contribution in [0.2, 0.25) is 0 Å². The number of aliphatic hydroxyl groups excluding tert-OH is 1. The first-order valence-corrected chi connectivity index (χ1v) is 9.77. The van der Waals surface area contributed by atoms with E-state index >= 15 is 0 Å². The topological polar surface area (TPSA) is 235 Å². The van der Waals surface area contributed by atoms with Crippen LogP contribution in [-0.4, -0.2) is 82.4 Å². The third kappa shape index (κ3) is 10.3. The van der Waals surface area contributed by atoms with E-state index in [2.05, 4.69) is 33.6 Å². The van der Waals surface area contributed by atoms with E-state index in [0.29, 0.717) is 13.0 Å². The second-order valence-electron chi connectivity index (χ2n) is 6.59. The lowest BCUT2D eigenvalue weighted by atomic mass is 10.1. The number of aliphatic imine (C=N–C) groups is 1. The molecule has 0 aromatic carbocycles. The Morgan fingerprint density at radius 1 is 1.03 bits per heavy atom. The molecule has 0 rings (SSSR count). The highest BCUT2D eigenvalue weighted by atomic mass is 32.1. The number of guanidine groups is 1. The zero-order chi connectivity index (χ0) is 23.4. The maximum Gasteiger partial charge on any atom is 0.328 e. The lowest BCUT2D eigenvalue weighted by Gasteiger charge is -2.23. The second kappa shape index (κ2) is 13.6. The van der Waals surface area contributed by atoms with E-state index in [1.807, 2.05) is 0 Å². The number of hydrogen-bond donors (Lipinski definition) is 9. The van der Waals surface area contributed by atoms with E-state index < -0.39 is 54.0 Å². The minimum atomic E-state index is -1.55. The molecular formula is C16H31N7O6S. The van der Waals surface area contributed by atoms with Crippen LogP contribution in [0.25, 0.3) is 0 Å². The number of aliphatic carboxylic acids is 1. The lowest BCUT2D eigenvalue weighted by molar-refractivity contribution is -0.145. The SMILES string of the molecule is CC(NC(=O)C(N)CCCN=C(N)N)C(=O)NC(CS)C(=O)NC(C(=O)O)C(C)O. The molecule has 5 atom stereocenters. The molecule has 0 radical (unpaired) electrons. The van der Waals surface area contributed by atoms with Gasteiger partial charge >= 0.3 is 5.97 Å². The van der Waals surface area contributed by atoms with Gasteiger partial charge in [-0.05, 0) is 26.7 Å². The number of carbonyl (C=O) groups is 4. The van der Waals surface area contributed by atoms with Gasteiger partial charge in [-0.1, -0.05) is 0 Å². The number of carboxylic acid groups (broad SMARTS) is 1. The fourth-order valence-electron chi connectivity index (χ4n) is 2.17. The van der Waals surface area contributed by atoms with Crippen LogP contribution in [0.1, 0.15) is 26.7 Å². The van der Waals surface area contributed by atoms with E-state index in [0.717, 1.165) is 0 Å². The predicted molar refractivity (Wildman–Crippen MR) is 113 cm³/mol. The van der Waals surface area contributed by atoms with Crippen molar-refractivity contribution in [2.75, 3.05) is 12.3 Å². The number of thiol groups is 1. The quantitative estimate of drug-likeness (QED) is 0.0580. The summed E-state index contributed by atoms with van der Waals surface area (Å²) < 4.78 is 0. The van der Waals surface area contributed by atoms with Gasteiger partial charge in [-0.3, -0.25) is 19.4 Å². The fraction of sp³-hybridized carbons (Fsp3) is 0.688. The predicted octanol–water partition coefficient (Wildman–Crippen LogP) is -3.76. The van der Waals surface area contributed by atoms with E-state index in [1.54, 1.807) is 0 Å². The largest absolute Gasteiger partial charge is 0.480 e. The van der Waals surface area contributed by atoms with Crippen LogP contribution in [0.4, 0.5) is 0 Å². The first-order chi connectivity index (χ1) is 13.9. The van der Waals surface area contributed by atoms with Crippen LogP contribution >= 0.6 is 12.6 Å². The maximum atomic E-state index is 12.3. The van der Waals surface area contributed by atoms with E-state index in [9.17, 15) is 24.3 Å². The van der Waals surface area contributed by atoms with E-state index in [4.69, 9.17) is 22.3 Å². The molecule has 172 valence electrons. The zero-order valence-corrected chi connectivity index (χ0v) is 17.8. The summed E-state index contributed by atoms with van der Waals surface area (Å²) in [6.45, 7) is 2.90. The van der Waals surface area contributed by atoms with Gasteiger partial charge < -0.3 is 43.4 Å². The van der Waals surface area contributed by atoms with Gasteiger partial charge in [-0.2, -0.15) is 12.6 Å². The second-order valence-corrected chi connectivity index (χ2v) is 6.96. The van der Waals surface area contributed by atoms with Crippen LogP contribution in [-0.2, 0) is 19.2 Å². The van der Waals surface area contributed by atoms with Crippen LogP contribution < -0.4 is 33.2 Å². The van der Waals surface area contributed by atoms with Gasteiger partial charge in [0, 0.05) is 12.3 Å². The molecule has 13 nitrogen and oxygen atoms in total. The van der Waals surface area contributed by atoms with Crippen LogP contribution in [0.5, 0.6) is 0 Å². The van der Waals surface area contributed by atoms with Crippen LogP contribution in [0.15, 0.2) is 4.99 Å². The normalized spacial score (nSPS) is 15.6. The summed E-state index contributed by atoms with van der Waals surface area (Å²) in [5.41, 5.74) is 16.1. The molecule has 0 aliphatic carbocycles.